The molecule has 3 rings (SSSR count). The van der Waals surface area contributed by atoms with Crippen molar-refractivity contribution in [2.45, 2.75) is 63.4 Å². The summed E-state index contributed by atoms with van der Waals surface area (Å²) in [4.78, 5) is 2.41. The van der Waals surface area contributed by atoms with Gasteiger partial charge in [0, 0.05) is 19.4 Å². The van der Waals surface area contributed by atoms with Gasteiger partial charge >= 0.3 is 0 Å². The average molecular weight is 279 g/mol. The van der Waals surface area contributed by atoms with Crippen LogP contribution in [0.15, 0.2) is 4.42 Å². The Morgan fingerprint density at radius 1 is 1.20 bits per heavy atom. The summed E-state index contributed by atoms with van der Waals surface area (Å²) in [5, 5.41) is 18.7. The third-order valence-corrected chi connectivity index (χ3v) is 4.78. The van der Waals surface area contributed by atoms with Gasteiger partial charge in [0.2, 0.25) is 11.8 Å². The normalized spacial score (nSPS) is 24.9. The smallest absolute Gasteiger partial charge is 0.219 e. The second-order valence-electron chi connectivity index (χ2n) is 6.49. The number of β-amino-alcohol motifs (C(OH)–C–C–N with tert-alkyl or cyclic N) is 1. The second-order valence-corrected chi connectivity index (χ2v) is 6.49. The van der Waals surface area contributed by atoms with E-state index in [1.54, 1.807) is 0 Å². The van der Waals surface area contributed by atoms with Gasteiger partial charge in [0.15, 0.2) is 0 Å². The minimum absolute atomic E-state index is 0.397. The number of aromatic nitrogens is 2. The molecule has 1 aromatic heterocycles. The van der Waals surface area contributed by atoms with Crippen molar-refractivity contribution in [3.63, 3.8) is 0 Å². The van der Waals surface area contributed by atoms with Gasteiger partial charge in [0.05, 0.1) is 5.60 Å². The van der Waals surface area contributed by atoms with E-state index in [-0.39, 0.29) is 0 Å². The van der Waals surface area contributed by atoms with Gasteiger partial charge in [-0.2, -0.15) is 0 Å². The molecule has 5 heteroatoms. The van der Waals surface area contributed by atoms with Crippen molar-refractivity contribution in [3.05, 3.63) is 11.8 Å². The van der Waals surface area contributed by atoms with Crippen molar-refractivity contribution in [1.29, 1.82) is 0 Å². The first-order valence-electron chi connectivity index (χ1n) is 7.89. The van der Waals surface area contributed by atoms with Gasteiger partial charge in [0.1, 0.15) is 0 Å². The summed E-state index contributed by atoms with van der Waals surface area (Å²) in [6, 6.07) is 0. The zero-order valence-corrected chi connectivity index (χ0v) is 12.3. The molecule has 20 heavy (non-hydrogen) atoms. The fourth-order valence-corrected chi connectivity index (χ4v) is 3.60. The van der Waals surface area contributed by atoms with Crippen LogP contribution in [0.3, 0.4) is 0 Å². The van der Waals surface area contributed by atoms with Crippen molar-refractivity contribution in [2.75, 3.05) is 19.6 Å². The lowest BCUT2D eigenvalue weighted by atomic mass is 9.84. The topological polar surface area (TPSA) is 62.4 Å². The SMILES string of the molecule is Cc1nnc(C2CCN(CC3(O)CCCCC3)CC2)o1. The van der Waals surface area contributed by atoms with Crippen LogP contribution in [0, 0.1) is 6.92 Å². The van der Waals surface area contributed by atoms with Crippen molar-refractivity contribution < 1.29 is 9.52 Å². The molecule has 0 aromatic carbocycles. The molecule has 1 aliphatic carbocycles. The first kappa shape index (κ1) is 14.0. The fraction of sp³-hybridized carbons (Fsp3) is 0.867. The van der Waals surface area contributed by atoms with Gasteiger partial charge < -0.3 is 14.4 Å². The highest BCUT2D eigenvalue weighted by atomic mass is 16.4. The van der Waals surface area contributed by atoms with Crippen molar-refractivity contribution in [2.24, 2.45) is 0 Å². The summed E-state index contributed by atoms with van der Waals surface area (Å²) < 4.78 is 5.54. The van der Waals surface area contributed by atoms with E-state index in [1.807, 2.05) is 6.92 Å². The van der Waals surface area contributed by atoms with Gasteiger partial charge in [-0.25, -0.2) is 0 Å². The number of aliphatic hydroxyl groups is 1. The quantitative estimate of drug-likeness (QED) is 0.919. The highest BCUT2D eigenvalue weighted by molar-refractivity contribution is 4.95. The molecule has 1 saturated heterocycles. The predicted octanol–water partition coefficient (Wildman–Crippen LogP) is 2.25. The molecule has 1 aliphatic heterocycles. The van der Waals surface area contributed by atoms with E-state index >= 15 is 0 Å². The second kappa shape index (κ2) is 5.82. The summed E-state index contributed by atoms with van der Waals surface area (Å²) in [6.45, 7) is 4.72. The molecule has 2 fully saturated rings. The molecule has 0 spiro atoms. The molecular weight excluding hydrogens is 254 g/mol. The van der Waals surface area contributed by atoms with Crippen LogP contribution in [0.5, 0.6) is 0 Å². The maximum atomic E-state index is 10.6. The lowest BCUT2D eigenvalue weighted by molar-refractivity contribution is -0.0311. The largest absolute Gasteiger partial charge is 0.425 e. The van der Waals surface area contributed by atoms with E-state index in [2.05, 4.69) is 15.1 Å². The number of nitrogens with zero attached hydrogens (tertiary/aromatic N) is 3. The van der Waals surface area contributed by atoms with Crippen LogP contribution >= 0.6 is 0 Å². The lowest BCUT2D eigenvalue weighted by Crippen LogP contribution is -2.46. The van der Waals surface area contributed by atoms with E-state index < -0.39 is 5.60 Å². The highest BCUT2D eigenvalue weighted by Crippen LogP contribution is 2.32. The molecule has 2 aliphatic rings. The fourth-order valence-electron chi connectivity index (χ4n) is 3.60. The highest BCUT2D eigenvalue weighted by Gasteiger charge is 2.33. The Bertz CT molecular complexity index is 432. The molecule has 0 amide bonds. The number of hydrogen-bond acceptors (Lipinski definition) is 5. The predicted molar refractivity (Wildman–Crippen MR) is 75.5 cm³/mol. The van der Waals surface area contributed by atoms with Gasteiger partial charge in [-0.1, -0.05) is 19.3 Å². The minimum Gasteiger partial charge on any atom is -0.425 e. The molecular formula is C15H25N3O2. The molecule has 1 saturated carbocycles. The van der Waals surface area contributed by atoms with Gasteiger partial charge in [-0.05, 0) is 38.8 Å². The van der Waals surface area contributed by atoms with E-state index in [0.29, 0.717) is 11.8 Å². The van der Waals surface area contributed by atoms with Crippen LogP contribution in [0.1, 0.15) is 62.6 Å². The first-order valence-corrected chi connectivity index (χ1v) is 7.89. The van der Waals surface area contributed by atoms with E-state index in [1.165, 1.54) is 19.3 Å². The van der Waals surface area contributed by atoms with E-state index in [9.17, 15) is 5.11 Å². The van der Waals surface area contributed by atoms with Crippen LogP contribution in [-0.2, 0) is 0 Å². The molecule has 0 atom stereocenters. The van der Waals surface area contributed by atoms with E-state index in [0.717, 1.165) is 51.2 Å². The summed E-state index contributed by atoms with van der Waals surface area (Å²) in [6.07, 6.45) is 7.67. The number of likely N-dealkylation sites (tertiary alicyclic amines) is 1. The molecule has 0 radical (unpaired) electrons. The summed E-state index contributed by atoms with van der Waals surface area (Å²) in [5.41, 5.74) is -0.438. The Morgan fingerprint density at radius 3 is 2.50 bits per heavy atom. The Balaban J connectivity index is 1.51. The minimum atomic E-state index is -0.438. The summed E-state index contributed by atoms with van der Waals surface area (Å²) in [5.74, 6) is 1.84. The maximum absolute atomic E-state index is 10.6. The molecule has 0 bridgehead atoms. The summed E-state index contributed by atoms with van der Waals surface area (Å²) >= 11 is 0. The third kappa shape index (κ3) is 3.20. The van der Waals surface area contributed by atoms with Gasteiger partial charge in [-0.15, -0.1) is 10.2 Å². The van der Waals surface area contributed by atoms with Crippen molar-refractivity contribution in [1.82, 2.24) is 15.1 Å². The van der Waals surface area contributed by atoms with Crippen LogP contribution in [0.25, 0.3) is 0 Å². The Hall–Kier alpha value is -0.940. The maximum Gasteiger partial charge on any atom is 0.219 e. The zero-order valence-electron chi connectivity index (χ0n) is 12.3. The third-order valence-electron chi connectivity index (χ3n) is 4.78. The zero-order chi connectivity index (χ0) is 14.0. The van der Waals surface area contributed by atoms with Crippen LogP contribution in [0.4, 0.5) is 0 Å². The van der Waals surface area contributed by atoms with Gasteiger partial charge in [-0.3, -0.25) is 0 Å². The molecule has 1 aromatic rings. The Kier molecular flexibility index (Phi) is 4.08. The molecule has 2 heterocycles. The number of aryl methyl sites for hydroxylation is 1. The molecule has 112 valence electrons. The molecule has 5 nitrogen and oxygen atoms in total. The van der Waals surface area contributed by atoms with E-state index in [4.69, 9.17) is 4.42 Å². The standard InChI is InChI=1S/C15H25N3O2/c1-12-16-17-14(20-12)13-5-9-18(10-6-13)11-15(19)7-3-2-4-8-15/h13,19H,2-11H2,1H3. The monoisotopic (exact) mass is 279 g/mol. The van der Waals surface area contributed by atoms with Crippen LogP contribution < -0.4 is 0 Å². The van der Waals surface area contributed by atoms with Crippen molar-refractivity contribution in [3.8, 4) is 0 Å². The van der Waals surface area contributed by atoms with Crippen LogP contribution in [-0.4, -0.2) is 45.4 Å². The first-order chi connectivity index (χ1) is 9.65. The molecule has 0 unspecified atom stereocenters. The number of hydrogen-bond donors (Lipinski definition) is 1. The van der Waals surface area contributed by atoms with Crippen LogP contribution in [0.2, 0.25) is 0 Å². The molecule has 1 N–H and O–H groups in total. The Labute approximate surface area is 120 Å². The van der Waals surface area contributed by atoms with Gasteiger partial charge in [0.25, 0.3) is 0 Å². The number of rotatable bonds is 3. The van der Waals surface area contributed by atoms with Crippen molar-refractivity contribution >= 4 is 0 Å². The Morgan fingerprint density at radius 2 is 1.90 bits per heavy atom. The average Bonchev–Trinajstić information content (AvgIpc) is 2.87. The number of piperidine rings is 1. The lowest BCUT2D eigenvalue weighted by Gasteiger charge is -2.39. The summed E-state index contributed by atoms with van der Waals surface area (Å²) in [7, 11) is 0.